The molecule has 5 nitrogen and oxygen atoms in total. The van der Waals surface area contributed by atoms with Crippen LogP contribution in [0, 0.1) is 6.92 Å². The van der Waals surface area contributed by atoms with E-state index in [-0.39, 0.29) is 12.3 Å². The number of hydrogen-bond donors (Lipinski definition) is 1. The SMILES string of the molecule is Cc1c(C(=O)N2CCN(CCCC(=O)O)CC2)sc2ccccc12. The molecule has 0 aliphatic carbocycles. The zero-order valence-corrected chi connectivity index (χ0v) is 14.6. The molecular weight excluding hydrogens is 324 g/mol. The first-order valence-corrected chi connectivity index (χ1v) is 9.09. The Labute approximate surface area is 145 Å². The van der Waals surface area contributed by atoms with Crippen LogP contribution in [-0.4, -0.2) is 59.5 Å². The summed E-state index contributed by atoms with van der Waals surface area (Å²) in [5.41, 5.74) is 1.07. The zero-order valence-electron chi connectivity index (χ0n) is 13.8. The van der Waals surface area contributed by atoms with Crippen molar-refractivity contribution < 1.29 is 14.7 Å². The first-order valence-electron chi connectivity index (χ1n) is 8.28. The quantitative estimate of drug-likeness (QED) is 0.904. The fourth-order valence-electron chi connectivity index (χ4n) is 3.15. The van der Waals surface area contributed by atoms with Gasteiger partial charge in [0.25, 0.3) is 5.91 Å². The van der Waals surface area contributed by atoms with E-state index in [1.165, 1.54) is 0 Å². The fraction of sp³-hybridized carbons (Fsp3) is 0.444. The van der Waals surface area contributed by atoms with Crippen LogP contribution in [0.25, 0.3) is 10.1 Å². The smallest absolute Gasteiger partial charge is 0.303 e. The summed E-state index contributed by atoms with van der Waals surface area (Å²) < 4.78 is 1.16. The van der Waals surface area contributed by atoms with Gasteiger partial charge in [0.1, 0.15) is 0 Å². The molecule has 0 radical (unpaired) electrons. The molecule has 6 heteroatoms. The van der Waals surface area contributed by atoms with E-state index in [9.17, 15) is 9.59 Å². The average Bonchev–Trinajstić information content (AvgIpc) is 2.92. The molecule has 3 rings (SSSR count). The largest absolute Gasteiger partial charge is 0.481 e. The zero-order chi connectivity index (χ0) is 17.1. The number of carbonyl (C=O) groups is 2. The highest BCUT2D eigenvalue weighted by Gasteiger charge is 2.25. The third-order valence-corrected chi connectivity index (χ3v) is 5.82. The molecule has 1 amide bonds. The van der Waals surface area contributed by atoms with E-state index in [0.29, 0.717) is 19.5 Å². The Morgan fingerprint density at radius 2 is 1.88 bits per heavy atom. The minimum Gasteiger partial charge on any atom is -0.481 e. The lowest BCUT2D eigenvalue weighted by Crippen LogP contribution is -2.48. The second-order valence-electron chi connectivity index (χ2n) is 6.18. The summed E-state index contributed by atoms with van der Waals surface area (Å²) in [5, 5.41) is 9.86. The molecule has 0 saturated carbocycles. The number of benzene rings is 1. The lowest BCUT2D eigenvalue weighted by molar-refractivity contribution is -0.137. The Kier molecular flexibility index (Phi) is 5.16. The van der Waals surface area contributed by atoms with Gasteiger partial charge in [0, 0.05) is 37.3 Å². The summed E-state index contributed by atoms with van der Waals surface area (Å²) in [6, 6.07) is 8.14. The number of nitrogens with zero attached hydrogens (tertiary/aromatic N) is 2. The van der Waals surface area contributed by atoms with E-state index in [4.69, 9.17) is 5.11 Å². The van der Waals surface area contributed by atoms with Crippen molar-refractivity contribution in [3.05, 3.63) is 34.7 Å². The summed E-state index contributed by atoms with van der Waals surface area (Å²) in [5.74, 6) is -0.622. The monoisotopic (exact) mass is 346 g/mol. The number of amides is 1. The fourth-order valence-corrected chi connectivity index (χ4v) is 4.33. The predicted molar refractivity (Wildman–Crippen MR) is 95.8 cm³/mol. The van der Waals surface area contributed by atoms with Crippen LogP contribution in [-0.2, 0) is 4.79 Å². The maximum atomic E-state index is 12.8. The summed E-state index contributed by atoms with van der Waals surface area (Å²) in [6.45, 7) is 5.86. The van der Waals surface area contributed by atoms with Crippen molar-refractivity contribution in [3.8, 4) is 0 Å². The van der Waals surface area contributed by atoms with E-state index in [1.807, 2.05) is 24.0 Å². The number of carbonyl (C=O) groups excluding carboxylic acids is 1. The van der Waals surface area contributed by atoms with Gasteiger partial charge in [-0.25, -0.2) is 0 Å². The van der Waals surface area contributed by atoms with Gasteiger partial charge in [0.15, 0.2) is 0 Å². The summed E-state index contributed by atoms with van der Waals surface area (Å²) in [4.78, 5) is 28.4. The van der Waals surface area contributed by atoms with Gasteiger partial charge in [-0.3, -0.25) is 14.5 Å². The molecule has 1 N–H and O–H groups in total. The van der Waals surface area contributed by atoms with Gasteiger partial charge >= 0.3 is 5.97 Å². The summed E-state index contributed by atoms with van der Waals surface area (Å²) >= 11 is 1.57. The minimum absolute atomic E-state index is 0.124. The number of fused-ring (bicyclic) bond motifs is 1. The molecule has 1 aromatic carbocycles. The van der Waals surface area contributed by atoms with Gasteiger partial charge in [0.2, 0.25) is 0 Å². The minimum atomic E-state index is -0.746. The number of hydrogen-bond acceptors (Lipinski definition) is 4. The molecule has 24 heavy (non-hydrogen) atoms. The van der Waals surface area contributed by atoms with Gasteiger partial charge in [-0.1, -0.05) is 18.2 Å². The number of aryl methyl sites for hydroxylation is 1. The van der Waals surface area contributed by atoms with E-state index in [2.05, 4.69) is 17.0 Å². The molecule has 0 atom stereocenters. The van der Waals surface area contributed by atoms with Crippen molar-refractivity contribution in [3.63, 3.8) is 0 Å². The van der Waals surface area contributed by atoms with Crippen molar-refractivity contribution >= 4 is 33.3 Å². The molecular formula is C18H22N2O3S. The topological polar surface area (TPSA) is 60.9 Å². The van der Waals surface area contributed by atoms with Gasteiger partial charge in [-0.05, 0) is 36.9 Å². The number of carboxylic acids is 1. The average molecular weight is 346 g/mol. The molecule has 0 unspecified atom stereocenters. The van der Waals surface area contributed by atoms with Crippen LogP contribution >= 0.6 is 11.3 Å². The number of carboxylic acid groups (broad SMARTS) is 1. The van der Waals surface area contributed by atoms with Crippen LogP contribution in [0.4, 0.5) is 0 Å². The molecule has 1 aromatic heterocycles. The standard InChI is InChI=1S/C18H22N2O3S/c1-13-14-5-2-3-6-15(14)24-17(13)18(23)20-11-9-19(10-12-20)8-4-7-16(21)22/h2-3,5-6H,4,7-12H2,1H3,(H,21,22). The Morgan fingerprint density at radius 1 is 1.17 bits per heavy atom. The summed E-state index contributed by atoms with van der Waals surface area (Å²) in [6.07, 6.45) is 0.874. The Bertz CT molecular complexity index is 748. The highest BCUT2D eigenvalue weighted by atomic mass is 32.1. The number of thiophene rings is 1. The Hall–Kier alpha value is -1.92. The van der Waals surface area contributed by atoms with Crippen LogP contribution in [0.3, 0.4) is 0 Å². The lowest BCUT2D eigenvalue weighted by Gasteiger charge is -2.34. The maximum Gasteiger partial charge on any atom is 0.303 e. The highest BCUT2D eigenvalue weighted by Crippen LogP contribution is 2.31. The highest BCUT2D eigenvalue weighted by molar-refractivity contribution is 7.21. The third kappa shape index (κ3) is 3.60. The van der Waals surface area contributed by atoms with E-state index in [1.54, 1.807) is 11.3 Å². The molecule has 1 saturated heterocycles. The van der Waals surface area contributed by atoms with Crippen LogP contribution in [0.2, 0.25) is 0 Å². The molecule has 2 heterocycles. The second-order valence-corrected chi connectivity index (χ2v) is 7.24. The Morgan fingerprint density at radius 3 is 2.54 bits per heavy atom. The predicted octanol–water partition coefficient (Wildman–Crippen LogP) is 2.83. The van der Waals surface area contributed by atoms with E-state index >= 15 is 0 Å². The first kappa shape index (κ1) is 16.9. The molecule has 128 valence electrons. The number of piperazine rings is 1. The first-order chi connectivity index (χ1) is 11.6. The van der Waals surface area contributed by atoms with Gasteiger partial charge < -0.3 is 10.0 Å². The van der Waals surface area contributed by atoms with Crippen LogP contribution in [0.5, 0.6) is 0 Å². The van der Waals surface area contributed by atoms with Crippen molar-refractivity contribution in [2.24, 2.45) is 0 Å². The molecule has 0 spiro atoms. The number of aliphatic carboxylic acids is 1. The van der Waals surface area contributed by atoms with Crippen molar-refractivity contribution in [1.29, 1.82) is 0 Å². The number of rotatable bonds is 5. The maximum absolute atomic E-state index is 12.8. The molecule has 1 aliphatic rings. The van der Waals surface area contributed by atoms with Gasteiger partial charge in [-0.15, -0.1) is 11.3 Å². The molecule has 1 fully saturated rings. The molecule has 1 aliphatic heterocycles. The third-order valence-electron chi connectivity index (χ3n) is 4.56. The van der Waals surface area contributed by atoms with Crippen molar-refractivity contribution in [2.45, 2.75) is 19.8 Å². The van der Waals surface area contributed by atoms with Gasteiger partial charge in [-0.2, -0.15) is 0 Å². The second kappa shape index (κ2) is 7.32. The van der Waals surface area contributed by atoms with Crippen molar-refractivity contribution in [2.75, 3.05) is 32.7 Å². The normalized spacial score (nSPS) is 15.8. The lowest BCUT2D eigenvalue weighted by atomic mass is 10.1. The van der Waals surface area contributed by atoms with E-state index in [0.717, 1.165) is 40.2 Å². The van der Waals surface area contributed by atoms with Crippen LogP contribution in [0.15, 0.2) is 24.3 Å². The van der Waals surface area contributed by atoms with Crippen LogP contribution in [0.1, 0.15) is 28.1 Å². The van der Waals surface area contributed by atoms with Crippen LogP contribution < -0.4 is 0 Å². The summed E-state index contributed by atoms with van der Waals surface area (Å²) in [7, 11) is 0. The molecule has 0 bridgehead atoms. The molecule has 2 aromatic rings. The van der Waals surface area contributed by atoms with Gasteiger partial charge in [0.05, 0.1) is 4.88 Å². The van der Waals surface area contributed by atoms with E-state index < -0.39 is 5.97 Å². The van der Waals surface area contributed by atoms with Crippen molar-refractivity contribution in [1.82, 2.24) is 9.80 Å². The Balaban J connectivity index is 1.60.